The van der Waals surface area contributed by atoms with E-state index < -0.39 is 15.8 Å². The molecule has 0 aliphatic carbocycles. The molecule has 2 rings (SSSR count). The molecule has 5 nitrogen and oxygen atoms in total. The number of carboxylic acids is 1. The van der Waals surface area contributed by atoms with E-state index in [4.69, 9.17) is 5.11 Å². The summed E-state index contributed by atoms with van der Waals surface area (Å²) in [5.74, 6) is -0.752. The molecule has 0 aromatic rings. The summed E-state index contributed by atoms with van der Waals surface area (Å²) in [5.41, 5.74) is 0. The van der Waals surface area contributed by atoms with E-state index in [1.165, 1.54) is 6.26 Å². The summed E-state index contributed by atoms with van der Waals surface area (Å²) in [6, 6.07) is 0.498. The van der Waals surface area contributed by atoms with Crippen molar-refractivity contribution in [1.29, 1.82) is 0 Å². The highest BCUT2D eigenvalue weighted by molar-refractivity contribution is 7.90. The Labute approximate surface area is 102 Å². The highest BCUT2D eigenvalue weighted by Crippen LogP contribution is 2.41. The molecule has 2 fully saturated rings. The first-order valence-electron chi connectivity index (χ1n) is 6.05. The van der Waals surface area contributed by atoms with Crippen LogP contribution in [0.15, 0.2) is 0 Å². The molecule has 3 atom stereocenters. The quantitative estimate of drug-likeness (QED) is 0.773. The summed E-state index contributed by atoms with van der Waals surface area (Å²) in [6.45, 7) is 0.714. The van der Waals surface area contributed by atoms with Gasteiger partial charge in [-0.2, -0.15) is 0 Å². The zero-order valence-corrected chi connectivity index (χ0v) is 10.8. The smallest absolute Gasteiger partial charge is 0.308 e. The van der Waals surface area contributed by atoms with Crippen LogP contribution in [-0.2, 0) is 14.6 Å². The Morgan fingerprint density at radius 1 is 1.41 bits per heavy atom. The average Bonchev–Trinajstić information content (AvgIpc) is 2.73. The van der Waals surface area contributed by atoms with E-state index in [0.717, 1.165) is 19.3 Å². The number of hydrogen-bond acceptors (Lipinski definition) is 4. The van der Waals surface area contributed by atoms with Crippen LogP contribution in [0.1, 0.15) is 25.7 Å². The molecule has 3 unspecified atom stereocenters. The summed E-state index contributed by atoms with van der Waals surface area (Å²) in [7, 11) is -2.90. The van der Waals surface area contributed by atoms with Gasteiger partial charge in [0.15, 0.2) is 0 Å². The minimum absolute atomic E-state index is 0.136. The molecule has 17 heavy (non-hydrogen) atoms. The van der Waals surface area contributed by atoms with Gasteiger partial charge in [0.2, 0.25) is 0 Å². The van der Waals surface area contributed by atoms with E-state index in [1.54, 1.807) is 0 Å². The highest BCUT2D eigenvalue weighted by atomic mass is 32.2. The SMILES string of the molecule is CS(=O)(=O)CCCN1C2CCC1C(C(=O)O)C2. The first kappa shape index (κ1) is 12.8. The number of nitrogens with zero attached hydrogens (tertiary/aromatic N) is 1. The summed E-state index contributed by atoms with van der Waals surface area (Å²) in [6.07, 6.45) is 4.59. The summed E-state index contributed by atoms with van der Waals surface area (Å²) >= 11 is 0. The second-order valence-corrected chi connectivity index (χ2v) is 7.46. The van der Waals surface area contributed by atoms with Crippen molar-refractivity contribution < 1.29 is 18.3 Å². The van der Waals surface area contributed by atoms with E-state index in [9.17, 15) is 13.2 Å². The molecule has 2 saturated heterocycles. The Balaban J connectivity index is 1.89. The second kappa shape index (κ2) is 4.57. The van der Waals surface area contributed by atoms with E-state index in [1.807, 2.05) is 0 Å². The molecule has 0 spiro atoms. The lowest BCUT2D eigenvalue weighted by atomic mass is 9.89. The molecule has 0 amide bonds. The third-order valence-electron chi connectivity index (χ3n) is 3.93. The Morgan fingerprint density at radius 2 is 2.12 bits per heavy atom. The predicted octanol–water partition coefficient (Wildman–Crippen LogP) is 0.359. The fourth-order valence-electron chi connectivity index (χ4n) is 3.22. The van der Waals surface area contributed by atoms with Gasteiger partial charge < -0.3 is 5.11 Å². The topological polar surface area (TPSA) is 74.7 Å². The number of fused-ring (bicyclic) bond motifs is 2. The number of rotatable bonds is 5. The molecule has 2 aliphatic heterocycles. The van der Waals surface area contributed by atoms with Crippen molar-refractivity contribution in [2.24, 2.45) is 5.92 Å². The van der Waals surface area contributed by atoms with Gasteiger partial charge in [0, 0.05) is 18.3 Å². The van der Waals surface area contributed by atoms with Crippen LogP contribution in [0.2, 0.25) is 0 Å². The average molecular weight is 261 g/mol. The lowest BCUT2D eigenvalue weighted by Gasteiger charge is -2.22. The molecule has 0 aromatic heterocycles. The minimum atomic E-state index is -2.90. The molecular formula is C11H19NO4S. The number of aliphatic carboxylic acids is 1. The van der Waals surface area contributed by atoms with Crippen molar-refractivity contribution in [3.63, 3.8) is 0 Å². The Kier molecular flexibility index (Phi) is 3.45. The number of carbonyl (C=O) groups is 1. The van der Waals surface area contributed by atoms with Gasteiger partial charge in [-0.25, -0.2) is 8.42 Å². The molecule has 98 valence electrons. The fourth-order valence-corrected chi connectivity index (χ4v) is 3.88. The fraction of sp³-hybridized carbons (Fsp3) is 0.909. The van der Waals surface area contributed by atoms with Gasteiger partial charge in [-0.05, 0) is 32.2 Å². The first-order valence-corrected chi connectivity index (χ1v) is 8.11. The van der Waals surface area contributed by atoms with E-state index in [2.05, 4.69) is 4.90 Å². The summed E-state index contributed by atoms with van der Waals surface area (Å²) in [5, 5.41) is 9.09. The van der Waals surface area contributed by atoms with Crippen LogP contribution in [0.5, 0.6) is 0 Å². The molecule has 2 heterocycles. The Hall–Kier alpha value is -0.620. The van der Waals surface area contributed by atoms with Crippen molar-refractivity contribution in [3.8, 4) is 0 Å². The van der Waals surface area contributed by atoms with Crippen molar-refractivity contribution >= 4 is 15.8 Å². The Morgan fingerprint density at radius 3 is 2.65 bits per heavy atom. The first-order chi connectivity index (χ1) is 7.88. The highest BCUT2D eigenvalue weighted by Gasteiger charge is 2.48. The largest absolute Gasteiger partial charge is 0.481 e. The number of sulfone groups is 1. The third-order valence-corrected chi connectivity index (χ3v) is 4.96. The van der Waals surface area contributed by atoms with Gasteiger partial charge in [0.05, 0.1) is 11.7 Å². The van der Waals surface area contributed by atoms with E-state index >= 15 is 0 Å². The summed E-state index contributed by atoms with van der Waals surface area (Å²) in [4.78, 5) is 13.3. The standard InChI is InChI=1S/C11H19NO4S/c1-17(15,16)6-2-5-12-8-3-4-10(12)9(7-8)11(13)14/h8-10H,2-7H2,1H3,(H,13,14). The number of hydrogen-bond donors (Lipinski definition) is 1. The predicted molar refractivity (Wildman–Crippen MR) is 63.6 cm³/mol. The van der Waals surface area contributed by atoms with Crippen LogP contribution in [-0.4, -0.2) is 55.0 Å². The molecule has 0 aromatic carbocycles. The van der Waals surface area contributed by atoms with Crippen molar-refractivity contribution in [2.75, 3.05) is 18.6 Å². The molecule has 0 radical (unpaired) electrons. The molecule has 0 saturated carbocycles. The van der Waals surface area contributed by atoms with Crippen LogP contribution in [0.25, 0.3) is 0 Å². The third kappa shape index (κ3) is 2.80. The van der Waals surface area contributed by atoms with Crippen molar-refractivity contribution in [1.82, 2.24) is 4.90 Å². The van der Waals surface area contributed by atoms with E-state index in [-0.39, 0.29) is 17.7 Å². The minimum Gasteiger partial charge on any atom is -0.481 e. The van der Waals surface area contributed by atoms with Gasteiger partial charge in [0.25, 0.3) is 0 Å². The second-order valence-electron chi connectivity index (χ2n) is 5.20. The van der Waals surface area contributed by atoms with Crippen LogP contribution in [0.4, 0.5) is 0 Å². The molecule has 2 aliphatic rings. The zero-order valence-electron chi connectivity index (χ0n) is 10.0. The van der Waals surface area contributed by atoms with Crippen LogP contribution < -0.4 is 0 Å². The maximum Gasteiger partial charge on any atom is 0.308 e. The molecule has 6 heteroatoms. The van der Waals surface area contributed by atoms with Gasteiger partial charge in [-0.1, -0.05) is 0 Å². The maximum absolute atomic E-state index is 11.0. The lowest BCUT2D eigenvalue weighted by Crippen LogP contribution is -2.34. The van der Waals surface area contributed by atoms with Gasteiger partial charge in [-0.15, -0.1) is 0 Å². The Bertz CT molecular complexity index is 406. The molecular weight excluding hydrogens is 242 g/mol. The van der Waals surface area contributed by atoms with Gasteiger partial charge in [-0.3, -0.25) is 9.69 Å². The molecule has 1 N–H and O–H groups in total. The number of carboxylic acid groups (broad SMARTS) is 1. The summed E-state index contributed by atoms with van der Waals surface area (Å²) < 4.78 is 22.1. The van der Waals surface area contributed by atoms with Crippen LogP contribution in [0.3, 0.4) is 0 Å². The monoisotopic (exact) mass is 261 g/mol. The maximum atomic E-state index is 11.0. The van der Waals surface area contributed by atoms with Crippen LogP contribution in [0, 0.1) is 5.92 Å². The molecule has 2 bridgehead atoms. The van der Waals surface area contributed by atoms with Crippen molar-refractivity contribution in [2.45, 2.75) is 37.8 Å². The van der Waals surface area contributed by atoms with E-state index in [0.29, 0.717) is 19.0 Å². The zero-order chi connectivity index (χ0) is 12.6. The van der Waals surface area contributed by atoms with Gasteiger partial charge >= 0.3 is 5.97 Å². The van der Waals surface area contributed by atoms with Crippen molar-refractivity contribution in [3.05, 3.63) is 0 Å². The van der Waals surface area contributed by atoms with Crippen LogP contribution >= 0.6 is 0 Å². The lowest BCUT2D eigenvalue weighted by molar-refractivity contribution is -0.142. The normalized spacial score (nSPS) is 33.1. The van der Waals surface area contributed by atoms with Gasteiger partial charge in [0.1, 0.15) is 9.84 Å².